The average molecular weight is 259 g/mol. The van der Waals surface area contributed by atoms with E-state index < -0.39 is 0 Å². The van der Waals surface area contributed by atoms with E-state index in [1.165, 1.54) is 25.9 Å². The van der Waals surface area contributed by atoms with Crippen molar-refractivity contribution < 1.29 is 4.74 Å². The molecule has 4 aliphatic heterocycles. The van der Waals surface area contributed by atoms with Crippen LogP contribution < -0.4 is 5.32 Å². The maximum Gasteiger partial charge on any atom is 0.291 e. The number of rotatable bonds is 1. The zero-order valence-corrected chi connectivity index (χ0v) is 10.7. The van der Waals surface area contributed by atoms with E-state index in [-0.39, 0.29) is 5.60 Å². The van der Waals surface area contributed by atoms with Crippen molar-refractivity contribution in [1.82, 2.24) is 14.9 Å². The molecule has 1 aromatic rings. The summed E-state index contributed by atoms with van der Waals surface area (Å²) >= 11 is 0. The zero-order valence-electron chi connectivity index (χ0n) is 10.7. The van der Waals surface area contributed by atoms with E-state index in [9.17, 15) is 0 Å². The lowest BCUT2D eigenvalue weighted by molar-refractivity contribution is -0.0829. The molecule has 1 atom stereocenters. The van der Waals surface area contributed by atoms with Gasteiger partial charge >= 0.3 is 0 Å². The lowest BCUT2D eigenvalue weighted by Gasteiger charge is -2.50. The fourth-order valence-corrected chi connectivity index (χ4v) is 3.42. The van der Waals surface area contributed by atoms with Crippen molar-refractivity contribution in [3.05, 3.63) is 18.6 Å². The molecule has 0 saturated carbocycles. The van der Waals surface area contributed by atoms with Gasteiger partial charge in [-0.2, -0.15) is 0 Å². The molecule has 5 heterocycles. The number of piperidine rings is 3. The molecular formula is C13H17N5O. The van der Waals surface area contributed by atoms with Crippen LogP contribution in [0.5, 0.6) is 0 Å². The van der Waals surface area contributed by atoms with Gasteiger partial charge in [0.25, 0.3) is 6.02 Å². The Balaban J connectivity index is 1.48. The van der Waals surface area contributed by atoms with Gasteiger partial charge < -0.3 is 4.74 Å². The first kappa shape index (κ1) is 11.2. The van der Waals surface area contributed by atoms with Gasteiger partial charge in [-0.1, -0.05) is 0 Å². The molecule has 3 saturated heterocycles. The van der Waals surface area contributed by atoms with Gasteiger partial charge in [0.05, 0.1) is 12.7 Å². The Bertz CT molecular complexity index is 497. The van der Waals surface area contributed by atoms with Crippen LogP contribution in [0.25, 0.3) is 0 Å². The molecular weight excluding hydrogens is 242 g/mol. The molecule has 6 heteroatoms. The highest BCUT2D eigenvalue weighted by Crippen LogP contribution is 2.40. The molecule has 19 heavy (non-hydrogen) atoms. The number of fused-ring (bicyclic) bond motifs is 2. The second-order valence-electron chi connectivity index (χ2n) is 5.55. The standard InChI is InChI=1S/C13H17N5O/c1-5-18-6-2-10(1)13(9-18)8-16-12(19-13)17-11-7-14-3-4-15-11/h3-4,7,10H,1-2,5-6,8-9H2,(H,15,16,17). The lowest BCUT2D eigenvalue weighted by atomic mass is 9.75. The minimum atomic E-state index is -0.0962. The van der Waals surface area contributed by atoms with Crippen LogP contribution in [0.2, 0.25) is 0 Å². The van der Waals surface area contributed by atoms with E-state index in [0.29, 0.717) is 17.8 Å². The lowest BCUT2D eigenvalue weighted by Crippen LogP contribution is -2.61. The highest BCUT2D eigenvalue weighted by Gasteiger charge is 2.51. The van der Waals surface area contributed by atoms with Crippen LogP contribution in [0.15, 0.2) is 23.6 Å². The first-order chi connectivity index (χ1) is 9.34. The van der Waals surface area contributed by atoms with Crippen LogP contribution in [-0.2, 0) is 4.74 Å². The van der Waals surface area contributed by atoms with Crippen LogP contribution in [0.3, 0.4) is 0 Å². The Morgan fingerprint density at radius 1 is 1.32 bits per heavy atom. The normalized spacial score (nSPS) is 36.1. The number of nitrogens with one attached hydrogen (secondary N) is 1. The molecule has 0 aromatic carbocycles. The summed E-state index contributed by atoms with van der Waals surface area (Å²) in [6.07, 6.45) is 7.44. The fraction of sp³-hybridized carbons (Fsp3) is 0.615. The van der Waals surface area contributed by atoms with Crippen LogP contribution in [-0.4, -0.2) is 52.7 Å². The largest absolute Gasteiger partial charge is 0.455 e. The van der Waals surface area contributed by atoms with Crippen LogP contribution in [0, 0.1) is 5.92 Å². The van der Waals surface area contributed by atoms with Crippen molar-refractivity contribution in [2.45, 2.75) is 18.4 Å². The van der Waals surface area contributed by atoms with Gasteiger partial charge in [0.2, 0.25) is 0 Å². The summed E-state index contributed by atoms with van der Waals surface area (Å²) in [4.78, 5) is 15.2. The Morgan fingerprint density at radius 2 is 2.21 bits per heavy atom. The Hall–Kier alpha value is -1.69. The minimum Gasteiger partial charge on any atom is -0.455 e. The summed E-state index contributed by atoms with van der Waals surface area (Å²) in [5, 5.41) is 3.11. The number of aromatic nitrogens is 2. The highest BCUT2D eigenvalue weighted by atomic mass is 16.5. The van der Waals surface area contributed by atoms with Gasteiger partial charge in [0.15, 0.2) is 5.82 Å². The molecule has 0 radical (unpaired) electrons. The first-order valence-corrected chi connectivity index (χ1v) is 6.83. The van der Waals surface area contributed by atoms with Crippen molar-refractivity contribution in [1.29, 1.82) is 0 Å². The molecule has 1 unspecified atom stereocenters. The predicted octanol–water partition coefficient (Wildman–Crippen LogP) is 0.739. The predicted molar refractivity (Wildman–Crippen MR) is 70.9 cm³/mol. The van der Waals surface area contributed by atoms with Gasteiger partial charge in [-0.15, -0.1) is 0 Å². The molecule has 1 aromatic heterocycles. The van der Waals surface area contributed by atoms with Gasteiger partial charge in [0.1, 0.15) is 5.60 Å². The third-order valence-electron chi connectivity index (χ3n) is 4.41. The van der Waals surface area contributed by atoms with Gasteiger partial charge in [0, 0.05) is 24.9 Å². The Labute approximate surface area is 111 Å². The summed E-state index contributed by atoms with van der Waals surface area (Å²) in [6.45, 7) is 4.19. The number of aliphatic imine (C=N–C) groups is 1. The van der Waals surface area contributed by atoms with E-state index in [1.807, 2.05) is 0 Å². The minimum absolute atomic E-state index is 0.0962. The van der Waals surface area contributed by atoms with Crippen molar-refractivity contribution >= 4 is 11.8 Å². The topological polar surface area (TPSA) is 62.6 Å². The van der Waals surface area contributed by atoms with E-state index in [0.717, 1.165) is 13.1 Å². The SMILES string of the molecule is c1cnc(NC2=NCC3(CN4CCC3CC4)O2)cn1. The molecule has 100 valence electrons. The Morgan fingerprint density at radius 3 is 2.89 bits per heavy atom. The quantitative estimate of drug-likeness (QED) is 0.806. The van der Waals surface area contributed by atoms with Crippen molar-refractivity contribution in [2.75, 3.05) is 31.5 Å². The molecule has 2 bridgehead atoms. The number of ether oxygens (including phenoxy) is 1. The summed E-state index contributed by atoms with van der Waals surface area (Å²) in [7, 11) is 0. The van der Waals surface area contributed by atoms with E-state index >= 15 is 0 Å². The van der Waals surface area contributed by atoms with Gasteiger partial charge in [-0.05, 0) is 25.9 Å². The van der Waals surface area contributed by atoms with Crippen molar-refractivity contribution in [3.63, 3.8) is 0 Å². The second-order valence-corrected chi connectivity index (χ2v) is 5.55. The third kappa shape index (κ3) is 1.87. The number of nitrogens with zero attached hydrogens (tertiary/aromatic N) is 4. The molecule has 3 fully saturated rings. The number of hydrogen-bond acceptors (Lipinski definition) is 6. The first-order valence-electron chi connectivity index (χ1n) is 6.83. The maximum atomic E-state index is 6.16. The summed E-state index contributed by atoms with van der Waals surface area (Å²) in [5.74, 6) is 1.32. The van der Waals surface area contributed by atoms with E-state index in [4.69, 9.17) is 4.74 Å². The molecule has 0 amide bonds. The molecule has 4 aliphatic rings. The van der Waals surface area contributed by atoms with Crippen molar-refractivity contribution in [2.24, 2.45) is 10.9 Å². The molecule has 6 nitrogen and oxygen atoms in total. The van der Waals surface area contributed by atoms with Crippen LogP contribution in [0.1, 0.15) is 12.8 Å². The summed E-state index contributed by atoms with van der Waals surface area (Å²) < 4.78 is 6.16. The fourth-order valence-electron chi connectivity index (χ4n) is 3.42. The van der Waals surface area contributed by atoms with Gasteiger partial charge in [-0.25, -0.2) is 9.98 Å². The van der Waals surface area contributed by atoms with Gasteiger partial charge in [-0.3, -0.25) is 15.2 Å². The Kier molecular flexibility index (Phi) is 2.44. The summed E-state index contributed by atoms with van der Waals surface area (Å²) in [5.41, 5.74) is -0.0962. The zero-order chi connectivity index (χ0) is 12.7. The molecule has 1 spiro atoms. The molecule has 0 aliphatic carbocycles. The van der Waals surface area contributed by atoms with Crippen LogP contribution in [0.4, 0.5) is 5.82 Å². The smallest absolute Gasteiger partial charge is 0.291 e. The third-order valence-corrected chi connectivity index (χ3v) is 4.41. The van der Waals surface area contributed by atoms with Crippen LogP contribution >= 0.6 is 0 Å². The van der Waals surface area contributed by atoms with E-state index in [2.05, 4.69) is 25.2 Å². The monoisotopic (exact) mass is 259 g/mol. The number of hydrogen-bond donors (Lipinski definition) is 1. The average Bonchev–Trinajstić information content (AvgIpc) is 2.84. The van der Waals surface area contributed by atoms with E-state index in [1.54, 1.807) is 18.6 Å². The summed E-state index contributed by atoms with van der Waals surface area (Å²) in [6, 6.07) is 0.592. The number of amidine groups is 1. The number of anilines is 1. The maximum absolute atomic E-state index is 6.16. The highest BCUT2D eigenvalue weighted by molar-refractivity contribution is 5.89. The molecule has 5 rings (SSSR count). The molecule has 1 N–H and O–H groups in total. The van der Waals surface area contributed by atoms with Crippen molar-refractivity contribution in [3.8, 4) is 0 Å². The second kappa shape index (κ2) is 4.16.